The maximum absolute atomic E-state index is 10.1. The van der Waals surface area contributed by atoms with Crippen LogP contribution in [0.25, 0.3) is 0 Å². The highest BCUT2D eigenvalue weighted by Gasteiger charge is 2.43. The molecule has 0 saturated heterocycles. The second-order valence-electron chi connectivity index (χ2n) is 3.25. The lowest BCUT2D eigenvalue weighted by molar-refractivity contribution is -0.193. The van der Waals surface area contributed by atoms with Crippen LogP contribution in [0.4, 0.5) is 0 Å². The second kappa shape index (κ2) is 4.70. The molecule has 82 valence electrons. The van der Waals surface area contributed by atoms with Crippen molar-refractivity contribution in [3.8, 4) is 0 Å². The van der Waals surface area contributed by atoms with Crippen molar-refractivity contribution in [2.75, 3.05) is 7.11 Å². The van der Waals surface area contributed by atoms with Crippen molar-refractivity contribution in [2.24, 2.45) is 0 Å². The molecule has 1 aliphatic carbocycles. The number of hydrogen-bond donors (Lipinski definition) is 3. The van der Waals surface area contributed by atoms with E-state index in [-0.39, 0.29) is 12.9 Å². The van der Waals surface area contributed by atoms with Gasteiger partial charge in [-0.1, -0.05) is 0 Å². The zero-order valence-corrected chi connectivity index (χ0v) is 7.74. The Hall–Kier alpha value is -0.690. The molecule has 6 nitrogen and oxygen atoms in total. The summed E-state index contributed by atoms with van der Waals surface area (Å²) in [5, 5.41) is 28.2. The van der Waals surface area contributed by atoms with Crippen LogP contribution in [0.3, 0.4) is 0 Å². The minimum Gasteiger partial charge on any atom is -0.462 e. The van der Waals surface area contributed by atoms with Gasteiger partial charge in [0.25, 0.3) is 6.47 Å². The van der Waals surface area contributed by atoms with Gasteiger partial charge >= 0.3 is 0 Å². The highest BCUT2D eigenvalue weighted by Crippen LogP contribution is 2.24. The van der Waals surface area contributed by atoms with Crippen molar-refractivity contribution in [2.45, 2.75) is 36.9 Å². The lowest BCUT2D eigenvalue weighted by Crippen LogP contribution is -2.56. The van der Waals surface area contributed by atoms with E-state index in [1.807, 2.05) is 0 Å². The topological polar surface area (TPSA) is 96.2 Å². The molecule has 0 heterocycles. The molecule has 2 unspecified atom stereocenters. The van der Waals surface area contributed by atoms with Crippen LogP contribution < -0.4 is 0 Å². The molecule has 3 N–H and O–H groups in total. The lowest BCUT2D eigenvalue weighted by Gasteiger charge is -2.38. The third kappa shape index (κ3) is 2.03. The zero-order chi connectivity index (χ0) is 10.7. The molecule has 1 aliphatic rings. The van der Waals surface area contributed by atoms with Gasteiger partial charge in [-0.3, -0.25) is 4.79 Å². The van der Waals surface area contributed by atoms with Crippen LogP contribution in [0.2, 0.25) is 0 Å². The molecular formula is C8H14O6. The summed E-state index contributed by atoms with van der Waals surface area (Å²) < 4.78 is 9.45. The average molecular weight is 206 g/mol. The first-order valence-corrected chi connectivity index (χ1v) is 4.28. The molecule has 6 heteroatoms. The van der Waals surface area contributed by atoms with E-state index in [0.717, 1.165) is 0 Å². The first-order chi connectivity index (χ1) is 6.61. The highest BCUT2D eigenvalue weighted by atomic mass is 16.5. The van der Waals surface area contributed by atoms with Crippen LogP contribution in [-0.4, -0.2) is 59.4 Å². The SMILES string of the molecule is CO[C@@H]1CC(OC=O)[C@@H](O)[C@H](O)C1O. The van der Waals surface area contributed by atoms with E-state index in [4.69, 9.17) is 4.74 Å². The fourth-order valence-electron chi connectivity index (χ4n) is 1.59. The number of ether oxygens (including phenoxy) is 2. The van der Waals surface area contributed by atoms with Gasteiger partial charge in [-0.25, -0.2) is 0 Å². The number of methoxy groups -OCH3 is 1. The Labute approximate surface area is 81.1 Å². The first kappa shape index (κ1) is 11.4. The molecule has 0 bridgehead atoms. The molecule has 0 aromatic heterocycles. The van der Waals surface area contributed by atoms with Crippen molar-refractivity contribution < 1.29 is 29.6 Å². The molecule has 1 rings (SSSR count). The summed E-state index contributed by atoms with van der Waals surface area (Å²) in [6.07, 6.45) is -5.12. The lowest BCUT2D eigenvalue weighted by atomic mass is 9.87. The highest BCUT2D eigenvalue weighted by molar-refractivity contribution is 5.37. The molecule has 0 radical (unpaired) electrons. The van der Waals surface area contributed by atoms with Crippen LogP contribution >= 0.6 is 0 Å². The van der Waals surface area contributed by atoms with Crippen molar-refractivity contribution in [1.82, 2.24) is 0 Å². The van der Waals surface area contributed by atoms with Crippen molar-refractivity contribution in [3.05, 3.63) is 0 Å². The van der Waals surface area contributed by atoms with Gasteiger partial charge in [-0.2, -0.15) is 0 Å². The Morgan fingerprint density at radius 1 is 1.14 bits per heavy atom. The summed E-state index contributed by atoms with van der Waals surface area (Å²) in [6.45, 7) is 0.199. The first-order valence-electron chi connectivity index (χ1n) is 4.28. The van der Waals surface area contributed by atoms with Gasteiger partial charge < -0.3 is 24.8 Å². The van der Waals surface area contributed by atoms with Crippen molar-refractivity contribution in [3.63, 3.8) is 0 Å². The molecule has 14 heavy (non-hydrogen) atoms. The monoisotopic (exact) mass is 206 g/mol. The fraction of sp³-hybridized carbons (Fsp3) is 0.875. The van der Waals surface area contributed by atoms with Crippen LogP contribution in [0, 0.1) is 0 Å². The van der Waals surface area contributed by atoms with E-state index in [9.17, 15) is 20.1 Å². The average Bonchev–Trinajstić information content (AvgIpc) is 2.19. The van der Waals surface area contributed by atoms with E-state index < -0.39 is 30.5 Å². The number of carbonyl (C=O) groups excluding carboxylic acids is 1. The van der Waals surface area contributed by atoms with E-state index in [1.165, 1.54) is 7.11 Å². The predicted octanol–water partition coefficient (Wildman–Crippen LogP) is -1.97. The Morgan fingerprint density at radius 3 is 2.21 bits per heavy atom. The molecule has 0 aromatic carbocycles. The number of hydrogen-bond acceptors (Lipinski definition) is 6. The maximum Gasteiger partial charge on any atom is 0.293 e. The predicted molar refractivity (Wildman–Crippen MR) is 44.4 cm³/mol. The zero-order valence-electron chi connectivity index (χ0n) is 7.74. The molecule has 1 fully saturated rings. The van der Waals surface area contributed by atoms with Gasteiger partial charge in [0, 0.05) is 13.5 Å². The van der Waals surface area contributed by atoms with Crippen LogP contribution in [0.1, 0.15) is 6.42 Å². The third-order valence-electron chi connectivity index (χ3n) is 2.46. The summed E-state index contributed by atoms with van der Waals surface area (Å²) in [6, 6.07) is 0. The van der Waals surface area contributed by atoms with Crippen LogP contribution in [-0.2, 0) is 14.3 Å². The van der Waals surface area contributed by atoms with E-state index in [0.29, 0.717) is 0 Å². The Balaban J connectivity index is 2.67. The van der Waals surface area contributed by atoms with Gasteiger partial charge in [0.15, 0.2) is 0 Å². The number of carbonyl (C=O) groups is 1. The Bertz CT molecular complexity index is 194. The minimum atomic E-state index is -1.36. The fourth-order valence-corrected chi connectivity index (χ4v) is 1.59. The quantitative estimate of drug-likeness (QED) is 0.463. The van der Waals surface area contributed by atoms with E-state index in [1.54, 1.807) is 0 Å². The molecule has 1 saturated carbocycles. The number of rotatable bonds is 3. The maximum atomic E-state index is 10.1. The summed E-state index contributed by atoms with van der Waals surface area (Å²) >= 11 is 0. The van der Waals surface area contributed by atoms with Crippen LogP contribution in [0.15, 0.2) is 0 Å². The number of aliphatic hydroxyl groups excluding tert-OH is 3. The minimum absolute atomic E-state index is 0.161. The standard InChI is InChI=1S/C8H14O6/c1-13-4-2-5(14-3-9)7(11)8(12)6(4)10/h3-8,10-12H,2H2,1H3/t4-,5?,6?,7-,8-/m1/s1. The molecule has 5 atom stereocenters. The van der Waals surface area contributed by atoms with Crippen molar-refractivity contribution in [1.29, 1.82) is 0 Å². The van der Waals surface area contributed by atoms with Gasteiger partial charge in [0.1, 0.15) is 24.4 Å². The third-order valence-corrected chi connectivity index (χ3v) is 2.46. The van der Waals surface area contributed by atoms with Gasteiger partial charge in [0.05, 0.1) is 6.10 Å². The summed E-state index contributed by atoms with van der Waals surface area (Å²) in [7, 11) is 1.37. The van der Waals surface area contributed by atoms with Gasteiger partial charge in [-0.05, 0) is 0 Å². The molecule has 0 spiro atoms. The van der Waals surface area contributed by atoms with Gasteiger partial charge in [0.2, 0.25) is 0 Å². The Kier molecular flexibility index (Phi) is 3.82. The summed E-state index contributed by atoms with van der Waals surface area (Å²) in [4.78, 5) is 10.1. The Morgan fingerprint density at radius 2 is 1.71 bits per heavy atom. The molecule has 0 amide bonds. The second-order valence-corrected chi connectivity index (χ2v) is 3.25. The summed E-state index contributed by atoms with van der Waals surface area (Å²) in [5.74, 6) is 0. The van der Waals surface area contributed by atoms with E-state index in [2.05, 4.69) is 4.74 Å². The number of aliphatic hydroxyl groups is 3. The molecular weight excluding hydrogens is 192 g/mol. The normalized spacial score (nSPS) is 43.3. The van der Waals surface area contributed by atoms with E-state index >= 15 is 0 Å². The summed E-state index contributed by atoms with van der Waals surface area (Å²) in [5.41, 5.74) is 0. The largest absolute Gasteiger partial charge is 0.462 e. The van der Waals surface area contributed by atoms with Crippen molar-refractivity contribution >= 4 is 6.47 Å². The molecule has 0 aliphatic heterocycles. The van der Waals surface area contributed by atoms with Crippen LogP contribution in [0.5, 0.6) is 0 Å². The van der Waals surface area contributed by atoms with Gasteiger partial charge in [-0.15, -0.1) is 0 Å². The smallest absolute Gasteiger partial charge is 0.293 e. The molecule has 0 aromatic rings.